The molecule has 102 valence electrons. The van der Waals surface area contributed by atoms with E-state index in [2.05, 4.69) is 54.4 Å². The van der Waals surface area contributed by atoms with Gasteiger partial charge in [0.15, 0.2) is 0 Å². The Morgan fingerprint density at radius 2 is 1.84 bits per heavy atom. The first-order valence-electron chi connectivity index (χ1n) is 5.88. The first kappa shape index (κ1) is 15.5. The van der Waals surface area contributed by atoms with Gasteiger partial charge in [-0.2, -0.15) is 0 Å². The first-order chi connectivity index (χ1) is 9.09. The number of aryl methyl sites for hydroxylation is 1. The van der Waals surface area contributed by atoms with E-state index < -0.39 is 0 Å². The lowest BCUT2D eigenvalue weighted by Crippen LogP contribution is -2.33. The first-order valence-corrected chi connectivity index (χ1v) is 9.39. The van der Waals surface area contributed by atoms with Crippen LogP contribution in [0.4, 0.5) is 0 Å². The summed E-state index contributed by atoms with van der Waals surface area (Å²) in [5.74, 6) is 0. The van der Waals surface area contributed by atoms with E-state index in [-0.39, 0.29) is 5.41 Å². The summed E-state index contributed by atoms with van der Waals surface area (Å²) >= 11 is 15.0. The minimum absolute atomic E-state index is 0.00506. The van der Waals surface area contributed by atoms with Crippen LogP contribution in [0.3, 0.4) is 0 Å². The van der Waals surface area contributed by atoms with Crippen molar-refractivity contribution in [2.45, 2.75) is 18.8 Å². The molecule has 1 nitrogen and oxygen atoms in total. The van der Waals surface area contributed by atoms with Crippen LogP contribution in [0, 0.1) is 6.92 Å². The van der Waals surface area contributed by atoms with E-state index in [1.807, 2.05) is 19.1 Å². The third kappa shape index (κ3) is 3.60. The average Bonchev–Trinajstić information content (AvgIpc) is 2.82. The quantitative estimate of drug-likeness (QED) is 0.589. The van der Waals surface area contributed by atoms with Crippen molar-refractivity contribution in [2.24, 2.45) is 0 Å². The zero-order valence-corrected chi connectivity index (χ0v) is 15.2. The summed E-state index contributed by atoms with van der Waals surface area (Å²) in [7, 11) is 0. The van der Waals surface area contributed by atoms with Crippen LogP contribution in [0.25, 0.3) is 0 Å². The number of aromatic nitrogens is 1. The highest BCUT2D eigenvalue weighted by Gasteiger charge is 2.31. The van der Waals surface area contributed by atoms with Gasteiger partial charge in [-0.15, -0.1) is 11.3 Å². The zero-order valence-electron chi connectivity index (χ0n) is 10.5. The molecule has 1 aromatic carbocycles. The number of thiazole rings is 1. The second-order valence-corrected chi connectivity index (χ2v) is 7.21. The van der Waals surface area contributed by atoms with Crippen LogP contribution in [-0.4, -0.2) is 15.6 Å². The molecule has 0 N–H and O–H groups in total. The number of benzene rings is 1. The molecule has 2 rings (SSSR count). The highest BCUT2D eigenvalue weighted by molar-refractivity contribution is 9.09. The molecular formula is C14H14Br2ClNS. The Kier molecular flexibility index (Phi) is 5.46. The van der Waals surface area contributed by atoms with E-state index in [0.717, 1.165) is 32.8 Å². The lowest BCUT2D eigenvalue weighted by Gasteiger charge is -2.30. The summed E-state index contributed by atoms with van der Waals surface area (Å²) in [6, 6.07) is 8.10. The van der Waals surface area contributed by atoms with Gasteiger partial charge in [0.05, 0.1) is 10.7 Å². The Labute approximate surface area is 139 Å². The van der Waals surface area contributed by atoms with Gasteiger partial charge in [-0.3, -0.25) is 0 Å². The molecule has 0 aliphatic rings. The van der Waals surface area contributed by atoms with Crippen molar-refractivity contribution < 1.29 is 0 Å². The Morgan fingerprint density at radius 1 is 1.21 bits per heavy atom. The lowest BCUT2D eigenvalue weighted by atomic mass is 9.80. The van der Waals surface area contributed by atoms with Crippen LogP contribution in [0.1, 0.15) is 16.3 Å². The van der Waals surface area contributed by atoms with Gasteiger partial charge < -0.3 is 0 Å². The van der Waals surface area contributed by atoms with Crippen molar-refractivity contribution in [3.05, 3.63) is 50.9 Å². The van der Waals surface area contributed by atoms with E-state index in [1.165, 1.54) is 5.56 Å². The van der Waals surface area contributed by atoms with Crippen LogP contribution in [-0.2, 0) is 11.8 Å². The fourth-order valence-electron chi connectivity index (χ4n) is 2.03. The van der Waals surface area contributed by atoms with E-state index in [1.54, 1.807) is 11.3 Å². The van der Waals surface area contributed by atoms with Crippen LogP contribution in [0.2, 0.25) is 5.02 Å². The zero-order chi connectivity index (χ0) is 13.9. The van der Waals surface area contributed by atoms with Crippen LogP contribution < -0.4 is 0 Å². The van der Waals surface area contributed by atoms with E-state index in [9.17, 15) is 0 Å². The predicted octanol–water partition coefficient (Wildman–Crippen LogP) is 5.38. The lowest BCUT2D eigenvalue weighted by molar-refractivity contribution is 0.544. The molecule has 0 unspecified atom stereocenters. The third-order valence-electron chi connectivity index (χ3n) is 3.15. The summed E-state index contributed by atoms with van der Waals surface area (Å²) in [5.41, 5.74) is 2.43. The second-order valence-electron chi connectivity index (χ2n) is 4.59. The number of hydrogen-bond acceptors (Lipinski definition) is 2. The van der Waals surface area contributed by atoms with Crippen molar-refractivity contribution in [2.75, 3.05) is 10.7 Å². The van der Waals surface area contributed by atoms with Gasteiger partial charge in [0, 0.05) is 32.9 Å². The monoisotopic (exact) mass is 421 g/mol. The normalized spacial score (nSPS) is 11.8. The molecule has 19 heavy (non-hydrogen) atoms. The molecule has 0 saturated carbocycles. The standard InChI is InChI=1S/C14H14Br2ClNS/c1-10-18-13(7-19-10)6-14(8-15,9-16)11-2-4-12(17)5-3-11/h2-5,7H,6,8-9H2,1H3. The van der Waals surface area contributed by atoms with E-state index >= 15 is 0 Å². The van der Waals surface area contributed by atoms with Gasteiger partial charge in [-0.05, 0) is 24.6 Å². The molecule has 0 bridgehead atoms. The van der Waals surface area contributed by atoms with E-state index in [0.29, 0.717) is 0 Å². The number of alkyl halides is 2. The highest BCUT2D eigenvalue weighted by Crippen LogP contribution is 2.33. The SMILES string of the molecule is Cc1nc(CC(CBr)(CBr)c2ccc(Cl)cc2)cs1. The summed E-state index contributed by atoms with van der Waals surface area (Å²) in [6.07, 6.45) is 0.912. The Morgan fingerprint density at radius 3 is 2.32 bits per heavy atom. The maximum atomic E-state index is 5.98. The van der Waals surface area contributed by atoms with Gasteiger partial charge in [0.25, 0.3) is 0 Å². The summed E-state index contributed by atoms with van der Waals surface area (Å²) < 4.78 is 0. The summed E-state index contributed by atoms with van der Waals surface area (Å²) in [4.78, 5) is 4.59. The summed E-state index contributed by atoms with van der Waals surface area (Å²) in [6.45, 7) is 2.04. The van der Waals surface area contributed by atoms with Crippen molar-refractivity contribution in [1.82, 2.24) is 4.98 Å². The highest BCUT2D eigenvalue weighted by atomic mass is 79.9. The fourth-order valence-corrected chi connectivity index (χ4v) is 4.74. The Bertz CT molecular complexity index is 535. The van der Waals surface area contributed by atoms with Crippen LogP contribution >= 0.6 is 54.8 Å². The molecule has 1 heterocycles. The largest absolute Gasteiger partial charge is 0.247 e. The van der Waals surface area contributed by atoms with Crippen LogP contribution in [0.5, 0.6) is 0 Å². The molecule has 5 heteroatoms. The van der Waals surface area contributed by atoms with Crippen molar-refractivity contribution in [3.8, 4) is 0 Å². The van der Waals surface area contributed by atoms with Crippen LogP contribution in [0.15, 0.2) is 29.6 Å². The van der Waals surface area contributed by atoms with Gasteiger partial charge in [0.1, 0.15) is 0 Å². The molecule has 0 aliphatic carbocycles. The smallest absolute Gasteiger partial charge is 0.0897 e. The maximum absolute atomic E-state index is 5.98. The number of halogens is 3. The van der Waals surface area contributed by atoms with Crippen molar-refractivity contribution in [3.63, 3.8) is 0 Å². The molecule has 0 radical (unpaired) electrons. The maximum Gasteiger partial charge on any atom is 0.0897 e. The van der Waals surface area contributed by atoms with Gasteiger partial charge in [0.2, 0.25) is 0 Å². The molecule has 0 aliphatic heterocycles. The molecule has 0 fully saturated rings. The number of hydrogen-bond donors (Lipinski definition) is 0. The molecule has 0 spiro atoms. The van der Waals surface area contributed by atoms with Crippen molar-refractivity contribution >= 4 is 54.8 Å². The molecule has 2 aromatic rings. The van der Waals surface area contributed by atoms with Gasteiger partial charge in [-0.25, -0.2) is 4.98 Å². The molecular weight excluding hydrogens is 409 g/mol. The average molecular weight is 424 g/mol. The topological polar surface area (TPSA) is 12.9 Å². The predicted molar refractivity (Wildman–Crippen MR) is 91.3 cm³/mol. The fraction of sp³-hybridized carbons (Fsp3) is 0.357. The third-order valence-corrected chi connectivity index (χ3v) is 6.38. The molecule has 0 saturated heterocycles. The summed E-state index contributed by atoms with van der Waals surface area (Å²) in [5, 5.41) is 5.79. The van der Waals surface area contributed by atoms with Gasteiger partial charge in [-0.1, -0.05) is 55.6 Å². The number of rotatable bonds is 5. The minimum atomic E-state index is 0.00506. The Hall–Kier alpha value is 0.1000. The Balaban J connectivity index is 2.33. The minimum Gasteiger partial charge on any atom is -0.247 e. The molecule has 1 aromatic heterocycles. The van der Waals surface area contributed by atoms with E-state index in [4.69, 9.17) is 11.6 Å². The second kappa shape index (κ2) is 6.70. The number of nitrogens with zero attached hydrogens (tertiary/aromatic N) is 1. The molecule has 0 atom stereocenters. The van der Waals surface area contributed by atoms with Crippen molar-refractivity contribution in [1.29, 1.82) is 0 Å². The molecule has 0 amide bonds. The van der Waals surface area contributed by atoms with Gasteiger partial charge >= 0.3 is 0 Å².